The molecule has 0 rings (SSSR count). The molecule has 0 saturated carbocycles. The van der Waals surface area contributed by atoms with Gasteiger partial charge in [0.2, 0.25) is 0 Å². The number of hydrogen-bond donors (Lipinski definition) is 1. The Morgan fingerprint density at radius 2 is 2.11 bits per heavy atom. The van der Waals surface area contributed by atoms with E-state index in [-0.39, 0.29) is 18.3 Å². The molecule has 0 saturated heterocycles. The van der Waals surface area contributed by atoms with Crippen molar-refractivity contribution in [3.8, 4) is 0 Å². The fraction of sp³-hybridized carbons (Fsp3) is 0.833. The van der Waals surface area contributed by atoms with E-state index >= 15 is 0 Å². The zero-order valence-electron chi connectivity index (χ0n) is 5.60. The van der Waals surface area contributed by atoms with Crippen LogP contribution in [-0.2, 0) is 4.79 Å². The maximum absolute atomic E-state index is 10.8. The first-order chi connectivity index (χ1) is 4.09. The van der Waals surface area contributed by atoms with Crippen LogP contribution in [0.3, 0.4) is 0 Å². The van der Waals surface area contributed by atoms with Crippen LogP contribution in [0.2, 0.25) is 0 Å². The van der Waals surface area contributed by atoms with E-state index in [4.69, 9.17) is 16.7 Å². The quantitative estimate of drug-likeness (QED) is 0.605. The third kappa shape index (κ3) is 2.82. The lowest BCUT2D eigenvalue weighted by molar-refractivity contribution is -0.122. The van der Waals surface area contributed by atoms with Crippen molar-refractivity contribution in [3.05, 3.63) is 0 Å². The van der Waals surface area contributed by atoms with Crippen LogP contribution in [-0.4, -0.2) is 22.9 Å². The highest BCUT2D eigenvalue weighted by molar-refractivity contribution is 6.31. The lowest BCUT2D eigenvalue weighted by atomic mass is 10.1. The average molecular weight is 151 g/mol. The van der Waals surface area contributed by atoms with E-state index in [1.165, 1.54) is 0 Å². The minimum atomic E-state index is -0.718. The van der Waals surface area contributed by atoms with Crippen LogP contribution in [0.1, 0.15) is 13.8 Å². The van der Waals surface area contributed by atoms with Crippen LogP contribution in [0, 0.1) is 5.92 Å². The van der Waals surface area contributed by atoms with Crippen molar-refractivity contribution >= 4 is 17.4 Å². The van der Waals surface area contributed by atoms with Crippen molar-refractivity contribution in [1.29, 1.82) is 0 Å². The van der Waals surface area contributed by atoms with Crippen molar-refractivity contribution in [1.82, 2.24) is 0 Å². The Morgan fingerprint density at radius 3 is 2.22 bits per heavy atom. The summed E-state index contributed by atoms with van der Waals surface area (Å²) >= 11 is 5.41. The van der Waals surface area contributed by atoms with Crippen LogP contribution in [0.15, 0.2) is 0 Å². The van der Waals surface area contributed by atoms with Gasteiger partial charge in [-0.2, -0.15) is 0 Å². The molecule has 0 bridgehead atoms. The summed E-state index contributed by atoms with van der Waals surface area (Å²) < 4.78 is 0. The van der Waals surface area contributed by atoms with E-state index in [2.05, 4.69) is 0 Å². The Kier molecular flexibility index (Phi) is 3.82. The van der Waals surface area contributed by atoms with Gasteiger partial charge in [-0.05, 0) is 0 Å². The van der Waals surface area contributed by atoms with E-state index in [1.54, 1.807) is 13.8 Å². The Labute approximate surface area is 59.8 Å². The molecule has 0 heterocycles. The number of Topliss-reactive ketones (excluding diaryl/α,β-unsaturated/α-hetero) is 1. The summed E-state index contributed by atoms with van der Waals surface area (Å²) in [5.74, 6) is -0.182. The highest BCUT2D eigenvalue weighted by Gasteiger charge is 2.16. The molecule has 0 aromatic rings. The fourth-order valence-electron chi connectivity index (χ4n) is 0.452. The van der Waals surface area contributed by atoms with Gasteiger partial charge >= 0.3 is 0 Å². The SMILES string of the molecule is CC(C)C(=O)C(Cl)CO. The minimum Gasteiger partial charge on any atom is -0.394 e. The molecule has 1 unspecified atom stereocenters. The van der Waals surface area contributed by atoms with Crippen LogP contribution in [0.25, 0.3) is 0 Å². The first-order valence-corrected chi connectivity index (χ1v) is 3.32. The molecule has 1 N–H and O–H groups in total. The Morgan fingerprint density at radius 1 is 1.67 bits per heavy atom. The standard InChI is InChI=1S/C6H11ClO2/c1-4(2)6(9)5(7)3-8/h4-5,8H,3H2,1-2H3. The van der Waals surface area contributed by atoms with E-state index in [1.807, 2.05) is 0 Å². The molecule has 0 amide bonds. The molecule has 0 aliphatic carbocycles. The topological polar surface area (TPSA) is 37.3 Å². The molecule has 0 spiro atoms. The number of alkyl halides is 1. The number of halogens is 1. The van der Waals surface area contributed by atoms with Crippen molar-refractivity contribution in [3.63, 3.8) is 0 Å². The summed E-state index contributed by atoms with van der Waals surface area (Å²) in [6.07, 6.45) is 0. The van der Waals surface area contributed by atoms with Crippen molar-refractivity contribution in [2.45, 2.75) is 19.2 Å². The van der Waals surface area contributed by atoms with Crippen molar-refractivity contribution in [2.24, 2.45) is 5.92 Å². The predicted octanol–water partition coefficient (Wildman–Crippen LogP) is 0.811. The zero-order valence-corrected chi connectivity index (χ0v) is 6.35. The molecule has 0 aliphatic heterocycles. The van der Waals surface area contributed by atoms with Gasteiger partial charge in [-0.3, -0.25) is 4.79 Å². The highest BCUT2D eigenvalue weighted by atomic mass is 35.5. The molecule has 3 heteroatoms. The van der Waals surface area contributed by atoms with Gasteiger partial charge in [-0.15, -0.1) is 11.6 Å². The van der Waals surface area contributed by atoms with E-state index in [0.717, 1.165) is 0 Å². The van der Waals surface area contributed by atoms with Gasteiger partial charge in [0.15, 0.2) is 5.78 Å². The molecule has 0 aromatic heterocycles. The predicted molar refractivity (Wildman–Crippen MR) is 36.6 cm³/mol. The van der Waals surface area contributed by atoms with Crippen LogP contribution in [0.5, 0.6) is 0 Å². The Balaban J connectivity index is 3.73. The number of aliphatic hydroxyl groups excluding tert-OH is 1. The lowest BCUT2D eigenvalue weighted by Gasteiger charge is -2.06. The number of carbonyl (C=O) groups excluding carboxylic acids is 1. The van der Waals surface area contributed by atoms with Gasteiger partial charge in [0.25, 0.3) is 0 Å². The first kappa shape index (κ1) is 8.92. The normalized spacial score (nSPS) is 13.9. The second kappa shape index (κ2) is 3.85. The van der Waals surface area contributed by atoms with Gasteiger partial charge in [0.1, 0.15) is 5.38 Å². The highest BCUT2D eigenvalue weighted by Crippen LogP contribution is 2.04. The third-order valence-corrected chi connectivity index (χ3v) is 1.39. The molecule has 0 aromatic carbocycles. The van der Waals surface area contributed by atoms with Crippen LogP contribution < -0.4 is 0 Å². The summed E-state index contributed by atoms with van der Waals surface area (Å²) in [5, 5.41) is 7.68. The number of aliphatic hydroxyl groups is 1. The number of carbonyl (C=O) groups is 1. The summed E-state index contributed by atoms with van der Waals surface area (Å²) in [7, 11) is 0. The second-order valence-electron chi connectivity index (χ2n) is 2.21. The number of ketones is 1. The second-order valence-corrected chi connectivity index (χ2v) is 2.73. The third-order valence-electron chi connectivity index (χ3n) is 1.04. The molecule has 54 valence electrons. The van der Waals surface area contributed by atoms with E-state index in [0.29, 0.717) is 0 Å². The maximum Gasteiger partial charge on any atom is 0.155 e. The molecule has 0 fully saturated rings. The van der Waals surface area contributed by atoms with Gasteiger partial charge < -0.3 is 5.11 Å². The molecule has 1 atom stereocenters. The largest absolute Gasteiger partial charge is 0.394 e. The molecular weight excluding hydrogens is 140 g/mol. The Bertz CT molecular complexity index is 101. The fourth-order valence-corrected chi connectivity index (χ4v) is 0.704. The van der Waals surface area contributed by atoms with E-state index in [9.17, 15) is 4.79 Å². The Hall–Kier alpha value is -0.0800. The zero-order chi connectivity index (χ0) is 7.44. The van der Waals surface area contributed by atoms with Crippen LogP contribution >= 0.6 is 11.6 Å². The van der Waals surface area contributed by atoms with Gasteiger partial charge in [0, 0.05) is 5.92 Å². The van der Waals surface area contributed by atoms with E-state index < -0.39 is 5.38 Å². The molecular formula is C6H11ClO2. The summed E-state index contributed by atoms with van der Waals surface area (Å²) in [4.78, 5) is 10.8. The number of hydrogen-bond acceptors (Lipinski definition) is 2. The van der Waals surface area contributed by atoms with Crippen molar-refractivity contribution in [2.75, 3.05) is 6.61 Å². The van der Waals surface area contributed by atoms with Crippen LogP contribution in [0.4, 0.5) is 0 Å². The minimum absolute atomic E-state index is 0.0837. The van der Waals surface area contributed by atoms with Gasteiger partial charge in [-0.1, -0.05) is 13.8 Å². The first-order valence-electron chi connectivity index (χ1n) is 2.88. The summed E-state index contributed by atoms with van der Waals surface area (Å²) in [5.41, 5.74) is 0. The number of rotatable bonds is 3. The lowest BCUT2D eigenvalue weighted by Crippen LogP contribution is -2.23. The maximum atomic E-state index is 10.8. The summed E-state index contributed by atoms with van der Waals surface area (Å²) in [6, 6.07) is 0. The molecule has 0 aliphatic rings. The van der Waals surface area contributed by atoms with Gasteiger partial charge in [0.05, 0.1) is 6.61 Å². The molecule has 0 radical (unpaired) electrons. The smallest absolute Gasteiger partial charge is 0.155 e. The average Bonchev–Trinajstić information content (AvgIpc) is 1.84. The molecule has 2 nitrogen and oxygen atoms in total. The monoisotopic (exact) mass is 150 g/mol. The summed E-state index contributed by atoms with van der Waals surface area (Å²) in [6.45, 7) is 3.25. The van der Waals surface area contributed by atoms with Gasteiger partial charge in [-0.25, -0.2) is 0 Å². The van der Waals surface area contributed by atoms with Crippen molar-refractivity contribution < 1.29 is 9.90 Å². The molecule has 9 heavy (non-hydrogen) atoms.